The van der Waals surface area contributed by atoms with Crippen molar-refractivity contribution in [3.8, 4) is 5.75 Å². The highest BCUT2D eigenvalue weighted by molar-refractivity contribution is 7.59. The third-order valence-corrected chi connectivity index (χ3v) is 3.81. The SMILES string of the molecule is S.S.[C-]#[N+]c1c(OC[C@H]2C[C@@H]2c2ccc(F)cc2)ccnc1NN. The fourth-order valence-electron chi connectivity index (χ4n) is 2.51. The Morgan fingerprint density at radius 1 is 1.29 bits per heavy atom. The fraction of sp³-hybridized carbons (Fsp3) is 0.250. The summed E-state index contributed by atoms with van der Waals surface area (Å²) in [6.45, 7) is 7.71. The van der Waals surface area contributed by atoms with Crippen molar-refractivity contribution in [2.75, 3.05) is 12.0 Å². The van der Waals surface area contributed by atoms with E-state index >= 15 is 0 Å². The zero-order valence-corrected chi connectivity index (χ0v) is 14.8. The van der Waals surface area contributed by atoms with Crippen molar-refractivity contribution in [3.63, 3.8) is 0 Å². The lowest BCUT2D eigenvalue weighted by Crippen LogP contribution is -2.09. The number of pyridine rings is 1. The molecule has 0 spiro atoms. The molecule has 0 saturated heterocycles. The van der Waals surface area contributed by atoms with Crippen molar-refractivity contribution in [2.45, 2.75) is 12.3 Å². The molecule has 1 aromatic heterocycles. The van der Waals surface area contributed by atoms with Gasteiger partial charge >= 0.3 is 0 Å². The van der Waals surface area contributed by atoms with Gasteiger partial charge in [0, 0.05) is 12.1 Å². The first kappa shape index (κ1) is 20.1. The van der Waals surface area contributed by atoms with Crippen molar-refractivity contribution >= 4 is 38.5 Å². The number of aromatic nitrogens is 1. The first-order valence-corrected chi connectivity index (χ1v) is 6.94. The number of benzene rings is 1. The Hall–Kier alpha value is -1.95. The Labute approximate surface area is 154 Å². The second kappa shape index (κ2) is 8.78. The summed E-state index contributed by atoms with van der Waals surface area (Å²) in [5, 5.41) is 0. The summed E-state index contributed by atoms with van der Waals surface area (Å²) in [6.07, 6.45) is 2.55. The Bertz CT molecular complexity index is 721. The van der Waals surface area contributed by atoms with Crippen LogP contribution in [0.25, 0.3) is 4.85 Å². The minimum absolute atomic E-state index is 0. The van der Waals surface area contributed by atoms with Crippen LogP contribution in [0.1, 0.15) is 17.9 Å². The molecule has 5 nitrogen and oxygen atoms in total. The van der Waals surface area contributed by atoms with E-state index in [1.54, 1.807) is 12.3 Å². The highest BCUT2D eigenvalue weighted by Crippen LogP contribution is 2.48. The molecule has 24 heavy (non-hydrogen) atoms. The first-order chi connectivity index (χ1) is 10.7. The molecular formula is C16H19FN4OS2. The van der Waals surface area contributed by atoms with Gasteiger partial charge in [-0.3, -0.25) is 5.84 Å². The van der Waals surface area contributed by atoms with Crippen LogP contribution in [0.2, 0.25) is 0 Å². The monoisotopic (exact) mass is 366 g/mol. The van der Waals surface area contributed by atoms with E-state index in [1.807, 2.05) is 12.1 Å². The fourth-order valence-corrected chi connectivity index (χ4v) is 2.51. The van der Waals surface area contributed by atoms with Crippen LogP contribution >= 0.6 is 27.0 Å². The zero-order chi connectivity index (χ0) is 15.5. The summed E-state index contributed by atoms with van der Waals surface area (Å²) in [5.74, 6) is 6.66. The van der Waals surface area contributed by atoms with Crippen molar-refractivity contribution in [1.29, 1.82) is 0 Å². The van der Waals surface area contributed by atoms with Gasteiger partial charge in [-0.15, -0.1) is 0 Å². The molecule has 1 saturated carbocycles. The van der Waals surface area contributed by atoms with Gasteiger partial charge in [0.1, 0.15) is 17.4 Å². The second-order valence-corrected chi connectivity index (χ2v) is 5.23. The van der Waals surface area contributed by atoms with Gasteiger partial charge in [-0.25, -0.2) is 14.2 Å². The van der Waals surface area contributed by atoms with Gasteiger partial charge in [-0.1, -0.05) is 12.1 Å². The van der Waals surface area contributed by atoms with Crippen molar-refractivity contribution in [3.05, 3.63) is 59.3 Å². The standard InChI is InChI=1S/C16H15FN4O.2H2S/c1-19-15-14(6-7-20-16(15)21-18)22-9-11-8-13(11)10-2-4-12(17)5-3-10;;/h2-7,11,13H,8-9,18H2,(H,20,21);2*1H2/t11-,13-;;/m1../s1. The van der Waals surface area contributed by atoms with E-state index in [0.717, 1.165) is 12.0 Å². The Balaban J connectivity index is 0.00000144. The summed E-state index contributed by atoms with van der Waals surface area (Å²) >= 11 is 0. The average Bonchev–Trinajstić information content (AvgIpc) is 3.32. The predicted molar refractivity (Wildman–Crippen MR) is 102 cm³/mol. The Morgan fingerprint density at radius 3 is 2.62 bits per heavy atom. The average molecular weight is 366 g/mol. The van der Waals surface area contributed by atoms with Crippen molar-refractivity contribution < 1.29 is 9.13 Å². The van der Waals surface area contributed by atoms with E-state index in [4.69, 9.17) is 17.2 Å². The molecule has 2 atom stereocenters. The number of nitrogens with two attached hydrogens (primary N) is 1. The van der Waals surface area contributed by atoms with Gasteiger partial charge in [0.15, 0.2) is 0 Å². The molecule has 1 fully saturated rings. The van der Waals surface area contributed by atoms with Gasteiger partial charge in [-0.2, -0.15) is 27.0 Å². The molecule has 8 heteroatoms. The van der Waals surface area contributed by atoms with Gasteiger partial charge in [-0.05, 0) is 36.1 Å². The Morgan fingerprint density at radius 2 is 2.00 bits per heavy atom. The molecule has 1 heterocycles. The number of ether oxygens (including phenoxy) is 1. The summed E-state index contributed by atoms with van der Waals surface area (Å²) in [6, 6.07) is 8.24. The van der Waals surface area contributed by atoms with Crippen molar-refractivity contribution in [1.82, 2.24) is 4.98 Å². The summed E-state index contributed by atoms with van der Waals surface area (Å²) in [5.41, 5.74) is 3.80. The van der Waals surface area contributed by atoms with Crippen LogP contribution in [0, 0.1) is 18.3 Å². The topological polar surface area (TPSA) is 64.5 Å². The molecule has 0 unspecified atom stereocenters. The molecule has 3 rings (SSSR count). The van der Waals surface area contributed by atoms with Crippen LogP contribution in [0.5, 0.6) is 5.75 Å². The number of hydrogen-bond donors (Lipinski definition) is 2. The van der Waals surface area contributed by atoms with E-state index in [0.29, 0.717) is 30.0 Å². The van der Waals surface area contributed by atoms with Gasteiger partial charge in [0.25, 0.3) is 5.69 Å². The number of anilines is 1. The van der Waals surface area contributed by atoms with Gasteiger partial charge in [0.2, 0.25) is 0 Å². The lowest BCUT2D eigenvalue weighted by molar-refractivity contribution is 0.298. The van der Waals surface area contributed by atoms with Crippen LogP contribution < -0.4 is 16.0 Å². The molecule has 1 aromatic carbocycles. The van der Waals surface area contributed by atoms with E-state index in [2.05, 4.69) is 15.3 Å². The molecule has 128 valence electrons. The predicted octanol–water partition coefficient (Wildman–Crippen LogP) is 3.47. The quantitative estimate of drug-likeness (QED) is 0.483. The Kier molecular flexibility index (Phi) is 7.35. The number of hydrogen-bond acceptors (Lipinski definition) is 4. The van der Waals surface area contributed by atoms with Gasteiger partial charge < -0.3 is 10.2 Å². The van der Waals surface area contributed by atoms with Crippen LogP contribution in [0.4, 0.5) is 15.9 Å². The summed E-state index contributed by atoms with van der Waals surface area (Å²) in [4.78, 5) is 7.38. The maximum Gasteiger partial charge on any atom is 0.270 e. The largest absolute Gasteiger partial charge is 0.504 e. The van der Waals surface area contributed by atoms with Crippen LogP contribution in [-0.4, -0.2) is 11.6 Å². The minimum atomic E-state index is -0.225. The molecule has 1 aliphatic rings. The highest BCUT2D eigenvalue weighted by Gasteiger charge is 2.38. The van der Waals surface area contributed by atoms with Gasteiger partial charge in [0.05, 0.1) is 13.2 Å². The third kappa shape index (κ3) is 4.32. The van der Waals surface area contributed by atoms with Crippen LogP contribution in [-0.2, 0) is 0 Å². The molecule has 0 aliphatic heterocycles. The number of nitrogens with one attached hydrogen (secondary N) is 1. The summed E-state index contributed by atoms with van der Waals surface area (Å²) < 4.78 is 18.7. The highest BCUT2D eigenvalue weighted by atomic mass is 32.1. The van der Waals surface area contributed by atoms with E-state index < -0.39 is 0 Å². The number of halogens is 1. The van der Waals surface area contributed by atoms with Crippen molar-refractivity contribution in [2.24, 2.45) is 11.8 Å². The lowest BCUT2D eigenvalue weighted by Gasteiger charge is -2.10. The van der Waals surface area contributed by atoms with Crippen LogP contribution in [0.3, 0.4) is 0 Å². The number of rotatable bonds is 5. The number of nitrogens with zero attached hydrogens (tertiary/aromatic N) is 2. The zero-order valence-electron chi connectivity index (χ0n) is 12.8. The molecule has 0 bridgehead atoms. The molecular weight excluding hydrogens is 347 g/mol. The first-order valence-electron chi connectivity index (χ1n) is 6.94. The van der Waals surface area contributed by atoms with E-state index in [9.17, 15) is 4.39 Å². The maximum absolute atomic E-state index is 12.9. The smallest absolute Gasteiger partial charge is 0.270 e. The number of nitrogen functional groups attached to an aromatic ring is 1. The van der Waals surface area contributed by atoms with E-state index in [-0.39, 0.29) is 38.5 Å². The van der Waals surface area contributed by atoms with E-state index in [1.165, 1.54) is 12.1 Å². The normalized spacial score (nSPS) is 17.7. The molecule has 0 radical (unpaired) electrons. The lowest BCUT2D eigenvalue weighted by atomic mass is 10.1. The minimum Gasteiger partial charge on any atom is -0.504 e. The third-order valence-electron chi connectivity index (χ3n) is 3.81. The molecule has 1 aliphatic carbocycles. The molecule has 3 N–H and O–H groups in total. The second-order valence-electron chi connectivity index (χ2n) is 5.23. The molecule has 2 aromatic rings. The maximum atomic E-state index is 12.9. The molecule has 0 amide bonds. The van der Waals surface area contributed by atoms with Crippen LogP contribution in [0.15, 0.2) is 36.5 Å². The summed E-state index contributed by atoms with van der Waals surface area (Å²) in [7, 11) is 0. The number of hydrazine groups is 1.